The van der Waals surface area contributed by atoms with Crippen molar-refractivity contribution in [3.63, 3.8) is 0 Å². The minimum atomic E-state index is 0.797. The van der Waals surface area contributed by atoms with Crippen molar-refractivity contribution < 1.29 is 0 Å². The first-order valence-corrected chi connectivity index (χ1v) is 6.73. The first kappa shape index (κ1) is 14.2. The lowest BCUT2D eigenvalue weighted by Crippen LogP contribution is -2.04. The van der Waals surface area contributed by atoms with Crippen molar-refractivity contribution in [3.05, 3.63) is 12.2 Å². The molecule has 0 aliphatic rings. The Balaban J connectivity index is 3.66. The van der Waals surface area contributed by atoms with E-state index in [0.29, 0.717) is 0 Å². The SMILES string of the molecule is CC(C)C/C=C\CC(CP)CC(C)C. The predicted octanol–water partition coefficient (Wildman–Crippen LogP) is 4.52. The fourth-order valence-corrected chi connectivity index (χ4v) is 2.00. The minimum absolute atomic E-state index is 0.797. The van der Waals surface area contributed by atoms with E-state index in [1.807, 2.05) is 0 Å². The molecule has 0 rings (SSSR count). The van der Waals surface area contributed by atoms with Crippen molar-refractivity contribution in [1.82, 2.24) is 0 Å². The summed E-state index contributed by atoms with van der Waals surface area (Å²) in [6.45, 7) is 9.16. The number of hydrogen-bond acceptors (Lipinski definition) is 0. The van der Waals surface area contributed by atoms with Crippen molar-refractivity contribution in [2.45, 2.75) is 47.0 Å². The van der Waals surface area contributed by atoms with Crippen LogP contribution >= 0.6 is 9.24 Å². The van der Waals surface area contributed by atoms with E-state index in [2.05, 4.69) is 49.1 Å². The Morgan fingerprint density at radius 3 is 1.93 bits per heavy atom. The molecule has 0 spiro atoms. The summed E-state index contributed by atoms with van der Waals surface area (Å²) in [4.78, 5) is 0. The summed E-state index contributed by atoms with van der Waals surface area (Å²) in [6.07, 6.45) is 9.80. The lowest BCUT2D eigenvalue weighted by molar-refractivity contribution is 0.448. The van der Waals surface area contributed by atoms with Crippen LogP contribution in [0.25, 0.3) is 0 Å². The van der Waals surface area contributed by atoms with Crippen LogP contribution in [0, 0.1) is 17.8 Å². The molecule has 14 heavy (non-hydrogen) atoms. The van der Waals surface area contributed by atoms with E-state index < -0.39 is 0 Å². The minimum Gasteiger partial charge on any atom is -0.137 e. The molecule has 0 saturated carbocycles. The molecule has 0 aromatic rings. The van der Waals surface area contributed by atoms with Gasteiger partial charge in [0.25, 0.3) is 0 Å². The van der Waals surface area contributed by atoms with Gasteiger partial charge in [0.05, 0.1) is 0 Å². The molecule has 0 saturated heterocycles. The molecular weight excluding hydrogens is 187 g/mol. The van der Waals surface area contributed by atoms with Crippen molar-refractivity contribution in [2.75, 3.05) is 6.16 Å². The van der Waals surface area contributed by atoms with Crippen LogP contribution in [0.2, 0.25) is 0 Å². The van der Waals surface area contributed by atoms with Crippen LogP contribution in [0.3, 0.4) is 0 Å². The van der Waals surface area contributed by atoms with Gasteiger partial charge in [-0.05, 0) is 43.2 Å². The topological polar surface area (TPSA) is 0 Å². The number of rotatable bonds is 7. The summed E-state index contributed by atoms with van der Waals surface area (Å²) in [7, 11) is 2.88. The van der Waals surface area contributed by atoms with Gasteiger partial charge in [-0.25, -0.2) is 0 Å². The second-order valence-corrected chi connectivity index (χ2v) is 5.54. The molecule has 0 aromatic carbocycles. The summed E-state index contributed by atoms with van der Waals surface area (Å²) in [5.41, 5.74) is 0. The van der Waals surface area contributed by atoms with Gasteiger partial charge in [0, 0.05) is 0 Å². The summed E-state index contributed by atoms with van der Waals surface area (Å²) in [5.74, 6) is 2.49. The Bertz CT molecular complexity index is 147. The van der Waals surface area contributed by atoms with Gasteiger partial charge in [-0.1, -0.05) is 39.8 Å². The number of allylic oxidation sites excluding steroid dienone is 2. The monoisotopic (exact) mass is 214 g/mol. The third kappa shape index (κ3) is 8.75. The van der Waals surface area contributed by atoms with E-state index in [9.17, 15) is 0 Å². The van der Waals surface area contributed by atoms with E-state index in [1.54, 1.807) is 0 Å². The van der Waals surface area contributed by atoms with Gasteiger partial charge in [-0.2, -0.15) is 0 Å². The average Bonchev–Trinajstić information content (AvgIpc) is 2.09. The van der Waals surface area contributed by atoms with Gasteiger partial charge in [0.15, 0.2) is 0 Å². The third-order valence-electron chi connectivity index (χ3n) is 2.38. The molecule has 0 heterocycles. The van der Waals surface area contributed by atoms with E-state index in [-0.39, 0.29) is 0 Å². The Kier molecular flexibility index (Phi) is 8.58. The van der Waals surface area contributed by atoms with Gasteiger partial charge in [0.2, 0.25) is 0 Å². The van der Waals surface area contributed by atoms with Crippen LogP contribution in [-0.2, 0) is 0 Å². The highest BCUT2D eigenvalue weighted by Crippen LogP contribution is 2.18. The quantitative estimate of drug-likeness (QED) is 0.432. The summed E-state index contributed by atoms with van der Waals surface area (Å²) < 4.78 is 0. The maximum absolute atomic E-state index is 2.88. The second kappa shape index (κ2) is 8.48. The van der Waals surface area contributed by atoms with Crippen LogP contribution in [0.1, 0.15) is 47.0 Å². The van der Waals surface area contributed by atoms with Gasteiger partial charge in [0.1, 0.15) is 0 Å². The third-order valence-corrected chi connectivity index (χ3v) is 3.05. The maximum atomic E-state index is 2.88. The van der Waals surface area contributed by atoms with Crippen molar-refractivity contribution in [2.24, 2.45) is 17.8 Å². The zero-order valence-electron chi connectivity index (χ0n) is 10.3. The van der Waals surface area contributed by atoms with Crippen molar-refractivity contribution in [1.29, 1.82) is 0 Å². The molecule has 1 heteroatoms. The highest BCUT2D eigenvalue weighted by Gasteiger charge is 2.06. The zero-order valence-corrected chi connectivity index (χ0v) is 11.4. The van der Waals surface area contributed by atoms with Gasteiger partial charge in [-0.3, -0.25) is 0 Å². The van der Waals surface area contributed by atoms with Gasteiger partial charge in [-0.15, -0.1) is 9.24 Å². The molecule has 0 aromatic heterocycles. The molecule has 0 aliphatic heterocycles. The largest absolute Gasteiger partial charge is 0.137 e. The normalized spacial score (nSPS) is 14.5. The average molecular weight is 214 g/mol. The molecule has 2 unspecified atom stereocenters. The molecule has 2 atom stereocenters. The van der Waals surface area contributed by atoms with E-state index >= 15 is 0 Å². The van der Waals surface area contributed by atoms with Crippen LogP contribution in [0.5, 0.6) is 0 Å². The lowest BCUT2D eigenvalue weighted by Gasteiger charge is -2.14. The molecule has 0 aliphatic carbocycles. The first-order valence-electron chi connectivity index (χ1n) is 5.91. The number of hydrogen-bond donors (Lipinski definition) is 0. The van der Waals surface area contributed by atoms with Crippen LogP contribution in [-0.4, -0.2) is 6.16 Å². The van der Waals surface area contributed by atoms with Crippen molar-refractivity contribution >= 4 is 9.24 Å². The fourth-order valence-electron chi connectivity index (χ4n) is 1.61. The zero-order chi connectivity index (χ0) is 11.0. The van der Waals surface area contributed by atoms with Crippen LogP contribution in [0.4, 0.5) is 0 Å². The molecule has 0 fully saturated rings. The molecule has 0 amide bonds. The molecule has 0 radical (unpaired) electrons. The molecular formula is C13H27P. The second-order valence-electron chi connectivity index (χ2n) is 5.07. The fraction of sp³-hybridized carbons (Fsp3) is 0.846. The van der Waals surface area contributed by atoms with E-state index in [1.165, 1.54) is 25.4 Å². The van der Waals surface area contributed by atoms with E-state index in [0.717, 1.165) is 17.8 Å². The molecule has 0 nitrogen and oxygen atoms in total. The van der Waals surface area contributed by atoms with Crippen LogP contribution in [0.15, 0.2) is 12.2 Å². The van der Waals surface area contributed by atoms with Crippen LogP contribution < -0.4 is 0 Å². The van der Waals surface area contributed by atoms with E-state index in [4.69, 9.17) is 0 Å². The summed E-state index contributed by atoms with van der Waals surface area (Å²) >= 11 is 0. The summed E-state index contributed by atoms with van der Waals surface area (Å²) in [6, 6.07) is 0. The summed E-state index contributed by atoms with van der Waals surface area (Å²) in [5, 5.41) is 0. The lowest BCUT2D eigenvalue weighted by atomic mass is 9.95. The van der Waals surface area contributed by atoms with Gasteiger partial charge < -0.3 is 0 Å². The Labute approximate surface area is 92.8 Å². The Morgan fingerprint density at radius 2 is 1.50 bits per heavy atom. The Hall–Kier alpha value is 0.170. The highest BCUT2D eigenvalue weighted by molar-refractivity contribution is 7.16. The molecule has 84 valence electrons. The predicted molar refractivity (Wildman–Crippen MR) is 70.7 cm³/mol. The maximum Gasteiger partial charge on any atom is -0.0319 e. The van der Waals surface area contributed by atoms with Gasteiger partial charge >= 0.3 is 0 Å². The smallest absolute Gasteiger partial charge is 0.0319 e. The molecule has 0 bridgehead atoms. The van der Waals surface area contributed by atoms with Crippen molar-refractivity contribution in [3.8, 4) is 0 Å². The molecule has 0 N–H and O–H groups in total. The standard InChI is InChI=1S/C13H27P/c1-11(2)7-5-6-8-13(10-14)9-12(3)4/h5-6,11-13H,7-10,14H2,1-4H3/b6-5-. The Morgan fingerprint density at radius 1 is 0.929 bits per heavy atom. The first-order chi connectivity index (χ1) is 6.56. The highest BCUT2D eigenvalue weighted by atomic mass is 31.0.